The number of amides is 1. The van der Waals surface area contributed by atoms with Gasteiger partial charge in [0.15, 0.2) is 0 Å². The predicted octanol–water partition coefficient (Wildman–Crippen LogP) is 2.09. The van der Waals surface area contributed by atoms with Crippen LogP contribution in [0.3, 0.4) is 0 Å². The van der Waals surface area contributed by atoms with Crippen molar-refractivity contribution in [1.82, 2.24) is 14.5 Å². The summed E-state index contributed by atoms with van der Waals surface area (Å²) in [7, 11) is 1.69. The molecule has 6 heteroatoms. The van der Waals surface area contributed by atoms with Gasteiger partial charge in [0, 0.05) is 7.05 Å². The van der Waals surface area contributed by atoms with Crippen LogP contribution in [0.4, 0.5) is 0 Å². The lowest BCUT2D eigenvalue weighted by Gasteiger charge is -2.14. The average molecular weight is 334 g/mol. The van der Waals surface area contributed by atoms with Crippen LogP contribution in [-0.2, 0) is 18.4 Å². The molecule has 0 aliphatic rings. The van der Waals surface area contributed by atoms with Gasteiger partial charge in [-0.15, -0.1) is 0 Å². The summed E-state index contributed by atoms with van der Waals surface area (Å²) in [6.07, 6.45) is 0. The van der Waals surface area contributed by atoms with E-state index in [0.717, 1.165) is 16.6 Å². The minimum Gasteiger partial charge on any atom is -0.348 e. The molecular formula is C19H18N4O2. The average Bonchev–Trinajstić information content (AvgIpc) is 2.87. The molecule has 0 bridgehead atoms. The zero-order valence-electron chi connectivity index (χ0n) is 14.1. The Morgan fingerprint density at radius 1 is 1.16 bits per heavy atom. The van der Waals surface area contributed by atoms with Crippen LogP contribution >= 0.6 is 0 Å². The maximum Gasteiger partial charge on any atom is 0.329 e. The summed E-state index contributed by atoms with van der Waals surface area (Å²) >= 11 is 0. The highest BCUT2D eigenvalue weighted by Gasteiger charge is 2.15. The number of benzene rings is 2. The molecular weight excluding hydrogens is 316 g/mol. The molecule has 6 nitrogen and oxygen atoms in total. The number of nitrogens with one attached hydrogen (secondary N) is 1. The van der Waals surface area contributed by atoms with Crippen LogP contribution in [0.5, 0.6) is 0 Å². The smallest absolute Gasteiger partial charge is 0.329 e. The van der Waals surface area contributed by atoms with Gasteiger partial charge in [0.05, 0.1) is 28.7 Å². The van der Waals surface area contributed by atoms with Crippen molar-refractivity contribution in [2.45, 2.75) is 19.5 Å². The van der Waals surface area contributed by atoms with Crippen LogP contribution in [0, 0.1) is 11.3 Å². The van der Waals surface area contributed by atoms with Crippen LogP contribution in [0.1, 0.15) is 24.1 Å². The number of fused-ring (bicyclic) bond motifs is 1. The van der Waals surface area contributed by atoms with Crippen LogP contribution in [0.2, 0.25) is 0 Å². The number of hydrogen-bond donors (Lipinski definition) is 1. The number of carbonyl (C=O) groups is 1. The molecule has 3 aromatic rings. The molecule has 0 fully saturated rings. The van der Waals surface area contributed by atoms with Gasteiger partial charge in [-0.05, 0) is 36.8 Å². The fraction of sp³-hybridized carbons (Fsp3) is 0.211. The summed E-state index contributed by atoms with van der Waals surface area (Å²) in [5, 5.41) is 11.7. The van der Waals surface area contributed by atoms with E-state index in [-0.39, 0.29) is 24.2 Å². The summed E-state index contributed by atoms with van der Waals surface area (Å²) in [6.45, 7) is 1.83. The van der Waals surface area contributed by atoms with Gasteiger partial charge in [-0.2, -0.15) is 5.26 Å². The second-order valence-electron chi connectivity index (χ2n) is 5.94. The lowest BCUT2D eigenvalue weighted by molar-refractivity contribution is -0.122. The number of nitrogens with zero attached hydrogens (tertiary/aromatic N) is 3. The van der Waals surface area contributed by atoms with Gasteiger partial charge in [0.1, 0.15) is 6.54 Å². The van der Waals surface area contributed by atoms with Crippen molar-refractivity contribution in [3.8, 4) is 6.07 Å². The van der Waals surface area contributed by atoms with Crippen molar-refractivity contribution in [2.75, 3.05) is 0 Å². The molecule has 0 spiro atoms. The number of aryl methyl sites for hydroxylation is 1. The molecule has 1 atom stereocenters. The quantitative estimate of drug-likeness (QED) is 0.793. The SMILES string of the molecule is CC(NC(=O)Cn1c(=O)n(C)c2ccccc21)c1ccc(C#N)cc1. The van der Waals surface area contributed by atoms with Crippen LogP contribution in [0.25, 0.3) is 11.0 Å². The van der Waals surface area contributed by atoms with Crippen molar-refractivity contribution < 1.29 is 4.79 Å². The summed E-state index contributed by atoms with van der Waals surface area (Å²) in [5.41, 5.74) is 2.78. The van der Waals surface area contributed by atoms with E-state index in [9.17, 15) is 9.59 Å². The zero-order valence-corrected chi connectivity index (χ0v) is 14.1. The second-order valence-corrected chi connectivity index (χ2v) is 5.94. The third-order valence-corrected chi connectivity index (χ3v) is 4.27. The molecule has 1 N–H and O–H groups in total. The van der Waals surface area contributed by atoms with Gasteiger partial charge in [-0.1, -0.05) is 24.3 Å². The molecule has 0 radical (unpaired) electrons. The number of rotatable bonds is 4. The third kappa shape index (κ3) is 3.17. The first kappa shape index (κ1) is 16.5. The number of imidazole rings is 1. The van der Waals surface area contributed by atoms with Crippen molar-refractivity contribution in [2.24, 2.45) is 7.05 Å². The standard InChI is InChI=1S/C19H18N4O2/c1-13(15-9-7-14(11-20)8-10-15)21-18(24)12-23-17-6-4-3-5-16(17)22(2)19(23)25/h3-10,13H,12H2,1-2H3,(H,21,24). The Labute approximate surface area is 144 Å². The van der Waals surface area contributed by atoms with Gasteiger partial charge < -0.3 is 5.32 Å². The Balaban J connectivity index is 1.78. The molecule has 1 unspecified atom stereocenters. The lowest BCUT2D eigenvalue weighted by atomic mass is 10.1. The van der Waals surface area contributed by atoms with E-state index >= 15 is 0 Å². The number of hydrogen-bond acceptors (Lipinski definition) is 3. The molecule has 0 saturated heterocycles. The highest BCUT2D eigenvalue weighted by Crippen LogP contribution is 2.14. The van der Waals surface area contributed by atoms with Gasteiger partial charge in [0.25, 0.3) is 0 Å². The van der Waals surface area contributed by atoms with Crippen LogP contribution in [-0.4, -0.2) is 15.0 Å². The summed E-state index contributed by atoms with van der Waals surface area (Å²) in [4.78, 5) is 24.8. The predicted molar refractivity (Wildman–Crippen MR) is 94.9 cm³/mol. The molecule has 0 saturated carbocycles. The highest BCUT2D eigenvalue weighted by molar-refractivity contribution is 5.81. The van der Waals surface area contributed by atoms with Crippen molar-refractivity contribution >= 4 is 16.9 Å². The van der Waals surface area contributed by atoms with Crippen molar-refractivity contribution in [3.63, 3.8) is 0 Å². The zero-order chi connectivity index (χ0) is 18.0. The van der Waals surface area contributed by atoms with E-state index in [0.29, 0.717) is 5.56 Å². The second kappa shape index (κ2) is 6.65. The topological polar surface area (TPSA) is 79.8 Å². The fourth-order valence-corrected chi connectivity index (χ4v) is 2.88. The first-order chi connectivity index (χ1) is 12.0. The summed E-state index contributed by atoms with van der Waals surface area (Å²) in [5.74, 6) is -0.240. The van der Waals surface area contributed by atoms with Gasteiger partial charge in [-0.3, -0.25) is 13.9 Å². The third-order valence-electron chi connectivity index (χ3n) is 4.27. The molecule has 0 aliphatic heterocycles. The minimum absolute atomic E-state index is 0.0409. The maximum absolute atomic E-state index is 12.4. The largest absolute Gasteiger partial charge is 0.348 e. The van der Waals surface area contributed by atoms with Crippen LogP contribution < -0.4 is 11.0 Å². The number of para-hydroxylation sites is 2. The van der Waals surface area contributed by atoms with Crippen LogP contribution in [0.15, 0.2) is 53.3 Å². The molecule has 1 aromatic heterocycles. The van der Waals surface area contributed by atoms with Gasteiger partial charge in [-0.25, -0.2) is 4.79 Å². The van der Waals surface area contributed by atoms with E-state index in [1.54, 1.807) is 19.2 Å². The van der Waals surface area contributed by atoms with Crippen molar-refractivity contribution in [1.29, 1.82) is 5.26 Å². The molecule has 2 aromatic carbocycles. The van der Waals surface area contributed by atoms with E-state index in [1.165, 1.54) is 9.13 Å². The van der Waals surface area contributed by atoms with Gasteiger partial charge >= 0.3 is 5.69 Å². The molecule has 1 heterocycles. The summed E-state index contributed by atoms with van der Waals surface area (Å²) < 4.78 is 3.00. The van der Waals surface area contributed by atoms with Crippen molar-refractivity contribution in [3.05, 3.63) is 70.1 Å². The normalized spacial score (nSPS) is 11.9. The molecule has 126 valence electrons. The minimum atomic E-state index is -0.240. The number of nitriles is 1. The van der Waals surface area contributed by atoms with E-state index in [2.05, 4.69) is 11.4 Å². The van der Waals surface area contributed by atoms with Gasteiger partial charge in [0.2, 0.25) is 5.91 Å². The number of carbonyl (C=O) groups excluding carboxylic acids is 1. The maximum atomic E-state index is 12.4. The Hall–Kier alpha value is -3.33. The first-order valence-corrected chi connectivity index (χ1v) is 7.95. The molecule has 3 rings (SSSR count). The molecule has 1 amide bonds. The Morgan fingerprint density at radius 2 is 1.80 bits per heavy atom. The monoisotopic (exact) mass is 334 g/mol. The number of aromatic nitrogens is 2. The highest BCUT2D eigenvalue weighted by atomic mass is 16.2. The molecule has 25 heavy (non-hydrogen) atoms. The van der Waals surface area contributed by atoms with E-state index in [4.69, 9.17) is 5.26 Å². The first-order valence-electron chi connectivity index (χ1n) is 7.95. The fourth-order valence-electron chi connectivity index (χ4n) is 2.88. The Kier molecular flexibility index (Phi) is 4.40. The lowest BCUT2D eigenvalue weighted by Crippen LogP contribution is -2.34. The Bertz CT molecular complexity index is 1020. The van der Waals surface area contributed by atoms with E-state index < -0.39 is 0 Å². The van der Waals surface area contributed by atoms with E-state index in [1.807, 2.05) is 43.3 Å². The molecule has 0 aliphatic carbocycles. The Morgan fingerprint density at radius 3 is 2.44 bits per heavy atom. The summed E-state index contributed by atoms with van der Waals surface area (Å²) in [6, 6.07) is 16.3.